The summed E-state index contributed by atoms with van der Waals surface area (Å²) in [6.07, 6.45) is 3.00. The first-order chi connectivity index (χ1) is 21.0. The molecule has 2 heterocycles. The minimum absolute atomic E-state index is 0.00937. The molecule has 2 saturated heterocycles. The van der Waals surface area contributed by atoms with Gasteiger partial charge in [0.25, 0.3) is 0 Å². The Kier molecular flexibility index (Phi) is 9.99. The van der Waals surface area contributed by atoms with Crippen LogP contribution in [0.5, 0.6) is 0 Å². The average Bonchev–Trinajstić information content (AvgIpc) is 3.23. The predicted molar refractivity (Wildman–Crippen MR) is 167 cm³/mol. The SMILES string of the molecule is CCOC(=O)CNC(=O)NCc1ccc([C@@H]2O[C@H](CN3CC4(C)CC3CC(C)(C)C4)[C@H](C)[C@H](c3ccc(CO)cc3)O2)cc1. The maximum atomic E-state index is 12.1. The highest BCUT2D eigenvalue weighted by Crippen LogP contribution is 2.53. The largest absolute Gasteiger partial charge is 0.465 e. The summed E-state index contributed by atoms with van der Waals surface area (Å²) >= 11 is 0. The number of amides is 2. The summed E-state index contributed by atoms with van der Waals surface area (Å²) in [5.41, 5.74) is 4.49. The molecule has 2 amide bonds. The van der Waals surface area contributed by atoms with Crippen molar-refractivity contribution in [2.24, 2.45) is 16.7 Å². The zero-order chi connectivity index (χ0) is 31.5. The van der Waals surface area contributed by atoms with Gasteiger partial charge in [0.2, 0.25) is 0 Å². The molecule has 44 heavy (non-hydrogen) atoms. The molecule has 5 rings (SSSR count). The molecule has 3 fully saturated rings. The van der Waals surface area contributed by atoms with E-state index in [1.165, 1.54) is 19.3 Å². The molecule has 6 atom stereocenters. The average molecular weight is 608 g/mol. The predicted octanol–water partition coefficient (Wildman–Crippen LogP) is 5.23. The van der Waals surface area contributed by atoms with Crippen molar-refractivity contribution in [2.45, 2.75) is 91.6 Å². The molecule has 0 spiro atoms. The topological polar surface area (TPSA) is 109 Å². The van der Waals surface area contributed by atoms with E-state index in [0.29, 0.717) is 23.4 Å². The highest BCUT2D eigenvalue weighted by Gasteiger charge is 2.51. The van der Waals surface area contributed by atoms with Crippen molar-refractivity contribution < 1.29 is 28.9 Å². The molecule has 9 heteroatoms. The summed E-state index contributed by atoms with van der Waals surface area (Å²) in [5.74, 6) is -0.343. The summed E-state index contributed by atoms with van der Waals surface area (Å²) in [6.45, 7) is 13.6. The van der Waals surface area contributed by atoms with Crippen molar-refractivity contribution >= 4 is 12.0 Å². The Morgan fingerprint density at radius 1 is 0.977 bits per heavy atom. The van der Waals surface area contributed by atoms with E-state index in [0.717, 1.165) is 35.3 Å². The third kappa shape index (κ3) is 7.80. The van der Waals surface area contributed by atoms with Crippen LogP contribution in [-0.2, 0) is 32.2 Å². The lowest BCUT2D eigenvalue weighted by Crippen LogP contribution is -2.46. The van der Waals surface area contributed by atoms with Gasteiger partial charge >= 0.3 is 12.0 Å². The van der Waals surface area contributed by atoms with Crippen LogP contribution in [0.2, 0.25) is 0 Å². The maximum absolute atomic E-state index is 12.1. The molecular weight excluding hydrogens is 558 g/mol. The number of carbonyl (C=O) groups excluding carboxylic acids is 2. The molecule has 1 aliphatic carbocycles. The fourth-order valence-electron chi connectivity index (χ4n) is 7.75. The van der Waals surface area contributed by atoms with Gasteiger partial charge < -0.3 is 30.0 Å². The van der Waals surface area contributed by atoms with Gasteiger partial charge in [-0.2, -0.15) is 0 Å². The zero-order valence-electron chi connectivity index (χ0n) is 26.8. The van der Waals surface area contributed by atoms with E-state index < -0.39 is 18.3 Å². The number of nitrogens with zero attached hydrogens (tertiary/aromatic N) is 1. The number of fused-ring (bicyclic) bond motifs is 2. The van der Waals surface area contributed by atoms with Crippen LogP contribution in [0.15, 0.2) is 48.5 Å². The molecule has 0 radical (unpaired) electrons. The van der Waals surface area contributed by atoms with Crippen molar-refractivity contribution in [3.63, 3.8) is 0 Å². The highest BCUT2D eigenvalue weighted by atomic mass is 16.7. The van der Waals surface area contributed by atoms with Crippen LogP contribution in [0.3, 0.4) is 0 Å². The molecule has 2 aromatic rings. The number of benzene rings is 2. The first-order valence-corrected chi connectivity index (χ1v) is 16.0. The minimum atomic E-state index is -0.539. The lowest BCUT2D eigenvalue weighted by molar-refractivity contribution is -0.276. The first-order valence-electron chi connectivity index (χ1n) is 16.0. The fourth-order valence-corrected chi connectivity index (χ4v) is 7.75. The van der Waals surface area contributed by atoms with Gasteiger partial charge in [-0.25, -0.2) is 4.79 Å². The Morgan fingerprint density at radius 3 is 2.34 bits per heavy atom. The Labute approximate surface area is 261 Å². The van der Waals surface area contributed by atoms with Gasteiger partial charge in [0, 0.05) is 37.2 Å². The molecule has 3 N–H and O–H groups in total. The zero-order valence-corrected chi connectivity index (χ0v) is 26.8. The van der Waals surface area contributed by atoms with Crippen LogP contribution >= 0.6 is 0 Å². The van der Waals surface area contributed by atoms with E-state index in [4.69, 9.17) is 14.2 Å². The molecule has 1 saturated carbocycles. The van der Waals surface area contributed by atoms with E-state index in [1.54, 1.807) is 6.92 Å². The maximum Gasteiger partial charge on any atom is 0.325 e. The Bertz CT molecular complexity index is 1280. The van der Waals surface area contributed by atoms with E-state index in [2.05, 4.69) is 55.4 Å². The van der Waals surface area contributed by atoms with Crippen LogP contribution < -0.4 is 10.6 Å². The normalized spacial score (nSPS) is 29.6. The quantitative estimate of drug-likeness (QED) is 0.317. The summed E-state index contributed by atoms with van der Waals surface area (Å²) in [6, 6.07) is 16.1. The molecule has 2 aromatic carbocycles. The molecule has 9 nitrogen and oxygen atoms in total. The number of likely N-dealkylation sites (tertiary alicyclic amines) is 1. The second kappa shape index (κ2) is 13.6. The lowest BCUT2D eigenvalue weighted by atomic mass is 9.65. The Morgan fingerprint density at radius 2 is 1.66 bits per heavy atom. The second-order valence-electron chi connectivity index (χ2n) is 14.0. The molecular formula is C35H49N3O6. The van der Waals surface area contributed by atoms with E-state index in [9.17, 15) is 14.7 Å². The van der Waals surface area contributed by atoms with Crippen molar-refractivity contribution in [1.29, 1.82) is 0 Å². The Hall–Kier alpha value is -2.98. The molecule has 240 valence electrons. The van der Waals surface area contributed by atoms with Crippen LogP contribution in [-0.4, -0.2) is 60.4 Å². The first kappa shape index (κ1) is 32.4. The van der Waals surface area contributed by atoms with Gasteiger partial charge in [0.15, 0.2) is 6.29 Å². The summed E-state index contributed by atoms with van der Waals surface area (Å²) in [5, 5.41) is 14.8. The molecule has 2 aliphatic heterocycles. The van der Waals surface area contributed by atoms with Crippen LogP contribution in [0, 0.1) is 16.7 Å². The number of ether oxygens (including phenoxy) is 3. The number of aliphatic hydroxyl groups is 1. The van der Waals surface area contributed by atoms with Gasteiger partial charge in [-0.3, -0.25) is 9.69 Å². The van der Waals surface area contributed by atoms with E-state index in [1.807, 2.05) is 36.4 Å². The number of rotatable bonds is 10. The van der Waals surface area contributed by atoms with Crippen molar-refractivity contribution in [2.75, 3.05) is 26.2 Å². The second-order valence-corrected chi connectivity index (χ2v) is 14.0. The number of esters is 1. The third-order valence-corrected chi connectivity index (χ3v) is 9.46. The fraction of sp³-hybridized carbons (Fsp3) is 0.600. The number of urea groups is 1. The van der Waals surface area contributed by atoms with Crippen molar-refractivity contribution in [3.8, 4) is 0 Å². The monoisotopic (exact) mass is 607 g/mol. The van der Waals surface area contributed by atoms with E-state index >= 15 is 0 Å². The lowest BCUT2D eigenvalue weighted by Gasteiger charge is -2.43. The third-order valence-electron chi connectivity index (χ3n) is 9.46. The molecule has 3 aliphatic rings. The smallest absolute Gasteiger partial charge is 0.325 e. The summed E-state index contributed by atoms with van der Waals surface area (Å²) in [7, 11) is 0. The number of hydrogen-bond acceptors (Lipinski definition) is 7. The molecule has 2 bridgehead atoms. The number of aliphatic hydroxyl groups excluding tert-OH is 1. The standard InChI is InChI=1S/C35H49N3O6/c1-6-42-30(40)18-37-33(41)36-17-24-7-13-27(14-8-24)32-43-29(19-38-22-35(5)16-28(38)15-34(3,4)21-35)23(2)31(44-32)26-11-9-25(20-39)10-12-26/h7-14,23,28-29,31-32,39H,6,15-22H2,1-5H3,(H2,36,37,41)/t23-,28?,29+,31+,32+,35?/m0/s1. The summed E-state index contributed by atoms with van der Waals surface area (Å²) < 4.78 is 18.3. The molecule has 2 unspecified atom stereocenters. The van der Waals surface area contributed by atoms with Crippen molar-refractivity contribution in [1.82, 2.24) is 15.5 Å². The summed E-state index contributed by atoms with van der Waals surface area (Å²) in [4.78, 5) is 26.2. The van der Waals surface area contributed by atoms with Gasteiger partial charge in [0.1, 0.15) is 6.54 Å². The minimum Gasteiger partial charge on any atom is -0.465 e. The van der Waals surface area contributed by atoms with Gasteiger partial charge in [-0.1, -0.05) is 76.2 Å². The number of hydrogen-bond donors (Lipinski definition) is 3. The van der Waals surface area contributed by atoms with E-state index in [-0.39, 0.29) is 37.9 Å². The van der Waals surface area contributed by atoms with Gasteiger partial charge in [0.05, 0.1) is 25.4 Å². The Balaban J connectivity index is 1.28. The number of nitrogens with one attached hydrogen (secondary N) is 2. The highest BCUT2D eigenvalue weighted by molar-refractivity contribution is 5.80. The molecule has 0 aromatic heterocycles. The van der Waals surface area contributed by atoms with Crippen molar-refractivity contribution in [3.05, 3.63) is 70.8 Å². The van der Waals surface area contributed by atoms with Gasteiger partial charge in [-0.15, -0.1) is 0 Å². The number of carbonyl (C=O) groups is 2. The van der Waals surface area contributed by atoms with Crippen LogP contribution in [0.1, 0.15) is 88.5 Å². The van der Waals surface area contributed by atoms with Crippen LogP contribution in [0.4, 0.5) is 4.79 Å². The van der Waals surface area contributed by atoms with Gasteiger partial charge in [-0.05, 0) is 53.7 Å². The van der Waals surface area contributed by atoms with Crippen LogP contribution in [0.25, 0.3) is 0 Å².